The van der Waals surface area contributed by atoms with Gasteiger partial charge in [-0.3, -0.25) is 9.59 Å². The summed E-state index contributed by atoms with van der Waals surface area (Å²) in [5, 5.41) is 3.42. The molecule has 108 valence electrons. The summed E-state index contributed by atoms with van der Waals surface area (Å²) < 4.78 is 0.400. The van der Waals surface area contributed by atoms with Crippen molar-refractivity contribution in [1.29, 1.82) is 0 Å². The maximum atomic E-state index is 12.4. The molecule has 6 heteroatoms. The SMILES string of the molecule is O=C(c1c[nH]c(=O)c(Br)c1)N1CCC2(CCNC2)CC1. The largest absolute Gasteiger partial charge is 0.339 e. The number of rotatable bonds is 1. The molecular formula is C14H18BrN3O2. The summed E-state index contributed by atoms with van der Waals surface area (Å²) in [5.41, 5.74) is 0.732. The van der Waals surface area contributed by atoms with Gasteiger partial charge in [-0.1, -0.05) is 0 Å². The van der Waals surface area contributed by atoms with E-state index in [1.807, 2.05) is 4.90 Å². The summed E-state index contributed by atoms with van der Waals surface area (Å²) >= 11 is 3.16. The molecule has 0 atom stereocenters. The first-order valence-corrected chi connectivity index (χ1v) is 7.77. The minimum Gasteiger partial charge on any atom is -0.339 e. The Balaban J connectivity index is 1.69. The molecule has 0 radical (unpaired) electrons. The number of aromatic nitrogens is 1. The molecule has 5 nitrogen and oxygen atoms in total. The van der Waals surface area contributed by atoms with Gasteiger partial charge in [-0.05, 0) is 53.2 Å². The van der Waals surface area contributed by atoms with Crippen LogP contribution in [-0.4, -0.2) is 42.0 Å². The summed E-state index contributed by atoms with van der Waals surface area (Å²) in [6.45, 7) is 3.79. The van der Waals surface area contributed by atoms with Crippen molar-refractivity contribution in [2.24, 2.45) is 5.41 Å². The zero-order valence-corrected chi connectivity index (χ0v) is 12.8. The third-order valence-electron chi connectivity index (χ3n) is 4.55. The molecule has 1 aromatic heterocycles. The highest BCUT2D eigenvalue weighted by Gasteiger charge is 2.38. The fraction of sp³-hybridized carbons (Fsp3) is 0.571. The third-order valence-corrected chi connectivity index (χ3v) is 5.14. The highest BCUT2D eigenvalue weighted by molar-refractivity contribution is 9.10. The van der Waals surface area contributed by atoms with Crippen LogP contribution < -0.4 is 10.9 Å². The lowest BCUT2D eigenvalue weighted by Gasteiger charge is -2.38. The van der Waals surface area contributed by atoms with Gasteiger partial charge in [-0.2, -0.15) is 0 Å². The number of likely N-dealkylation sites (tertiary alicyclic amines) is 1. The molecule has 2 fully saturated rings. The fourth-order valence-corrected chi connectivity index (χ4v) is 3.53. The van der Waals surface area contributed by atoms with Crippen molar-refractivity contribution in [3.8, 4) is 0 Å². The second-order valence-electron chi connectivity index (χ2n) is 5.78. The second kappa shape index (κ2) is 5.33. The predicted molar refractivity (Wildman–Crippen MR) is 79.8 cm³/mol. The van der Waals surface area contributed by atoms with Gasteiger partial charge < -0.3 is 15.2 Å². The number of hydrogen-bond donors (Lipinski definition) is 2. The monoisotopic (exact) mass is 339 g/mol. The fourth-order valence-electron chi connectivity index (χ4n) is 3.17. The molecule has 3 rings (SSSR count). The second-order valence-corrected chi connectivity index (χ2v) is 6.64. The number of carbonyl (C=O) groups is 1. The lowest BCUT2D eigenvalue weighted by molar-refractivity contribution is 0.0607. The van der Waals surface area contributed by atoms with Crippen molar-refractivity contribution < 1.29 is 4.79 Å². The molecule has 0 aromatic carbocycles. The number of aromatic amines is 1. The molecule has 20 heavy (non-hydrogen) atoms. The van der Waals surface area contributed by atoms with E-state index in [-0.39, 0.29) is 11.5 Å². The number of pyridine rings is 1. The van der Waals surface area contributed by atoms with Gasteiger partial charge in [0, 0.05) is 25.8 Å². The number of H-pyrrole nitrogens is 1. The Labute approximate surface area is 125 Å². The number of hydrogen-bond acceptors (Lipinski definition) is 3. The standard InChI is InChI=1S/C14H18BrN3O2/c15-11-7-10(8-17-12(11)19)13(20)18-5-2-14(3-6-18)1-4-16-9-14/h7-8,16H,1-6,9H2,(H,17,19). The number of nitrogens with one attached hydrogen (secondary N) is 2. The molecule has 3 heterocycles. The van der Waals surface area contributed by atoms with Crippen LogP contribution in [0.1, 0.15) is 29.6 Å². The van der Waals surface area contributed by atoms with Crippen LogP contribution in [0.3, 0.4) is 0 Å². The first kappa shape index (κ1) is 13.8. The molecule has 2 aliphatic heterocycles. The summed E-state index contributed by atoms with van der Waals surface area (Å²) in [7, 11) is 0. The smallest absolute Gasteiger partial charge is 0.262 e. The Morgan fingerprint density at radius 1 is 1.30 bits per heavy atom. The summed E-state index contributed by atoms with van der Waals surface area (Å²) in [6, 6.07) is 1.60. The Hall–Kier alpha value is -1.14. The van der Waals surface area contributed by atoms with Crippen molar-refractivity contribution in [2.45, 2.75) is 19.3 Å². The van der Waals surface area contributed by atoms with Crippen LogP contribution in [0.4, 0.5) is 0 Å². The Kier molecular flexibility index (Phi) is 3.69. The maximum Gasteiger partial charge on any atom is 0.262 e. The molecule has 0 bridgehead atoms. The molecular weight excluding hydrogens is 322 g/mol. The zero-order valence-electron chi connectivity index (χ0n) is 11.2. The van der Waals surface area contributed by atoms with Crippen molar-refractivity contribution >= 4 is 21.8 Å². The van der Waals surface area contributed by atoms with Gasteiger partial charge in [-0.15, -0.1) is 0 Å². The van der Waals surface area contributed by atoms with Gasteiger partial charge in [0.05, 0.1) is 10.0 Å². The van der Waals surface area contributed by atoms with Crippen molar-refractivity contribution in [3.63, 3.8) is 0 Å². The van der Waals surface area contributed by atoms with E-state index in [9.17, 15) is 9.59 Å². The number of nitrogens with zero attached hydrogens (tertiary/aromatic N) is 1. The van der Waals surface area contributed by atoms with E-state index in [1.54, 1.807) is 6.07 Å². The average Bonchev–Trinajstić information content (AvgIpc) is 2.90. The molecule has 1 spiro atoms. The first-order valence-electron chi connectivity index (χ1n) is 6.98. The average molecular weight is 340 g/mol. The zero-order chi connectivity index (χ0) is 14.2. The van der Waals surface area contributed by atoms with Crippen molar-refractivity contribution in [3.05, 3.63) is 32.7 Å². The van der Waals surface area contributed by atoms with Gasteiger partial charge in [-0.25, -0.2) is 0 Å². The van der Waals surface area contributed by atoms with Crippen LogP contribution in [-0.2, 0) is 0 Å². The van der Waals surface area contributed by atoms with Crippen molar-refractivity contribution in [2.75, 3.05) is 26.2 Å². The molecule has 1 amide bonds. The van der Waals surface area contributed by atoms with E-state index in [0.717, 1.165) is 39.0 Å². The first-order chi connectivity index (χ1) is 9.60. The van der Waals surface area contributed by atoms with Crippen LogP contribution in [0, 0.1) is 5.41 Å². The molecule has 2 N–H and O–H groups in total. The van der Waals surface area contributed by atoms with Crippen LogP contribution in [0.2, 0.25) is 0 Å². The number of carbonyl (C=O) groups excluding carboxylic acids is 1. The van der Waals surface area contributed by atoms with E-state index >= 15 is 0 Å². The minimum absolute atomic E-state index is 0.00255. The van der Waals surface area contributed by atoms with E-state index in [2.05, 4.69) is 26.2 Å². The van der Waals surface area contributed by atoms with E-state index in [1.165, 1.54) is 12.6 Å². The van der Waals surface area contributed by atoms with Crippen LogP contribution in [0.15, 0.2) is 21.5 Å². The molecule has 0 aliphatic carbocycles. The number of amides is 1. The minimum atomic E-state index is -0.212. The quantitative estimate of drug-likeness (QED) is 0.811. The van der Waals surface area contributed by atoms with Gasteiger partial charge in [0.1, 0.15) is 0 Å². The molecule has 2 aliphatic rings. The maximum absolute atomic E-state index is 12.4. The topological polar surface area (TPSA) is 65.2 Å². The lowest BCUT2D eigenvalue weighted by Crippen LogP contribution is -2.44. The third kappa shape index (κ3) is 2.54. The van der Waals surface area contributed by atoms with Gasteiger partial charge in [0.25, 0.3) is 11.5 Å². The van der Waals surface area contributed by atoms with Crippen LogP contribution in [0.5, 0.6) is 0 Å². The summed E-state index contributed by atoms with van der Waals surface area (Å²) in [5.74, 6) is 0.00255. The number of halogens is 1. The van der Waals surface area contributed by atoms with Gasteiger partial charge >= 0.3 is 0 Å². The van der Waals surface area contributed by atoms with Gasteiger partial charge in [0.2, 0.25) is 0 Å². The van der Waals surface area contributed by atoms with Crippen LogP contribution >= 0.6 is 15.9 Å². The summed E-state index contributed by atoms with van der Waals surface area (Å²) in [4.78, 5) is 28.2. The number of piperidine rings is 1. The Bertz CT molecular complexity index is 568. The highest BCUT2D eigenvalue weighted by Crippen LogP contribution is 2.37. The Morgan fingerprint density at radius 2 is 2.05 bits per heavy atom. The summed E-state index contributed by atoms with van der Waals surface area (Å²) in [6.07, 6.45) is 4.85. The van der Waals surface area contributed by atoms with Gasteiger partial charge in [0.15, 0.2) is 0 Å². The normalized spacial score (nSPS) is 21.4. The van der Waals surface area contributed by atoms with E-state index in [0.29, 0.717) is 15.5 Å². The molecule has 1 aromatic rings. The molecule has 0 saturated carbocycles. The van der Waals surface area contributed by atoms with Crippen LogP contribution in [0.25, 0.3) is 0 Å². The van der Waals surface area contributed by atoms with E-state index < -0.39 is 0 Å². The van der Waals surface area contributed by atoms with Crippen molar-refractivity contribution in [1.82, 2.24) is 15.2 Å². The lowest BCUT2D eigenvalue weighted by atomic mass is 9.78. The molecule has 2 saturated heterocycles. The Morgan fingerprint density at radius 3 is 2.65 bits per heavy atom. The highest BCUT2D eigenvalue weighted by atomic mass is 79.9. The molecule has 0 unspecified atom stereocenters. The van der Waals surface area contributed by atoms with E-state index in [4.69, 9.17) is 0 Å². The predicted octanol–water partition coefficient (Wildman–Crippen LogP) is 1.35.